The van der Waals surface area contributed by atoms with Gasteiger partial charge in [-0.15, -0.1) is 10.2 Å². The van der Waals surface area contributed by atoms with E-state index >= 15 is 0 Å². The number of rotatable bonds is 9. The van der Waals surface area contributed by atoms with E-state index in [2.05, 4.69) is 26.0 Å². The van der Waals surface area contributed by atoms with Gasteiger partial charge in [0.15, 0.2) is 11.5 Å². The summed E-state index contributed by atoms with van der Waals surface area (Å²) in [5.41, 5.74) is 2.67. The average molecular weight is 512 g/mol. The highest BCUT2D eigenvalue weighted by atomic mass is 32.2. The van der Waals surface area contributed by atoms with E-state index in [0.29, 0.717) is 10.6 Å². The van der Waals surface area contributed by atoms with Crippen molar-refractivity contribution in [1.29, 1.82) is 0 Å². The Kier molecular flexibility index (Phi) is 7.28. The van der Waals surface area contributed by atoms with Crippen LogP contribution in [0.5, 0.6) is 5.75 Å². The highest BCUT2D eigenvalue weighted by molar-refractivity contribution is 7.87. The smallest absolute Gasteiger partial charge is 0.339 e. The van der Waals surface area contributed by atoms with Gasteiger partial charge in [0.05, 0.1) is 18.9 Å². The lowest BCUT2D eigenvalue weighted by molar-refractivity contribution is -0.120. The van der Waals surface area contributed by atoms with E-state index in [1.54, 1.807) is 42.5 Å². The molecule has 0 bridgehead atoms. The highest BCUT2D eigenvalue weighted by Gasteiger charge is 2.18. The van der Waals surface area contributed by atoms with Crippen molar-refractivity contribution >= 4 is 44.6 Å². The van der Waals surface area contributed by atoms with Crippen LogP contribution in [0.15, 0.2) is 87.4 Å². The van der Waals surface area contributed by atoms with Gasteiger partial charge in [0.2, 0.25) is 11.0 Å². The van der Waals surface area contributed by atoms with Crippen LogP contribution < -0.4 is 14.9 Å². The summed E-state index contributed by atoms with van der Waals surface area (Å²) in [7, 11) is -4.04. The maximum absolute atomic E-state index is 12.5. The summed E-state index contributed by atoms with van der Waals surface area (Å²) < 4.78 is 35.2. The summed E-state index contributed by atoms with van der Waals surface area (Å²) in [5.74, 6) is -0.802. The van der Waals surface area contributed by atoms with E-state index in [1.165, 1.54) is 36.7 Å². The van der Waals surface area contributed by atoms with Gasteiger partial charge in [0.1, 0.15) is 9.90 Å². The number of amides is 2. The van der Waals surface area contributed by atoms with E-state index in [0.717, 1.165) is 11.3 Å². The summed E-state index contributed by atoms with van der Waals surface area (Å²) in [6.45, 7) is 0. The minimum absolute atomic E-state index is 0.0109. The molecule has 0 aliphatic rings. The van der Waals surface area contributed by atoms with E-state index in [-0.39, 0.29) is 28.0 Å². The zero-order chi connectivity index (χ0) is 24.7. The Hall–Kier alpha value is -4.36. The molecular weight excluding hydrogens is 494 g/mol. The third kappa shape index (κ3) is 6.37. The van der Waals surface area contributed by atoms with Crippen molar-refractivity contribution in [2.24, 2.45) is 5.10 Å². The monoisotopic (exact) mass is 511 g/mol. The van der Waals surface area contributed by atoms with E-state index in [9.17, 15) is 18.0 Å². The topological polar surface area (TPSA) is 153 Å². The van der Waals surface area contributed by atoms with Gasteiger partial charge in [0.25, 0.3) is 5.91 Å². The Morgan fingerprint density at radius 2 is 1.80 bits per heavy atom. The molecule has 0 unspecified atom stereocenters. The van der Waals surface area contributed by atoms with Crippen molar-refractivity contribution < 1.29 is 26.6 Å². The van der Waals surface area contributed by atoms with Crippen LogP contribution >= 0.6 is 11.3 Å². The predicted octanol–water partition coefficient (Wildman–Crippen LogP) is 2.84. The molecule has 2 aromatic heterocycles. The summed E-state index contributed by atoms with van der Waals surface area (Å²) >= 11 is 1.03. The van der Waals surface area contributed by atoms with Gasteiger partial charge in [-0.25, -0.2) is 5.43 Å². The third-order valence-corrected chi connectivity index (χ3v) is 6.37. The van der Waals surface area contributed by atoms with Crippen LogP contribution in [0.25, 0.3) is 0 Å². The molecule has 2 heterocycles. The normalized spacial score (nSPS) is 11.3. The predicted molar refractivity (Wildman–Crippen MR) is 127 cm³/mol. The second kappa shape index (κ2) is 10.7. The summed E-state index contributed by atoms with van der Waals surface area (Å²) in [6, 6.07) is 17.2. The fraction of sp³-hybridized carbons (Fsp3) is 0.0455. The summed E-state index contributed by atoms with van der Waals surface area (Å²) in [4.78, 5) is 24.2. The number of carbonyl (C=O) groups excluding carboxylic acids is 2. The van der Waals surface area contributed by atoms with Gasteiger partial charge in [0, 0.05) is 5.56 Å². The first-order valence-corrected chi connectivity index (χ1v) is 12.2. The fourth-order valence-electron chi connectivity index (χ4n) is 2.71. The van der Waals surface area contributed by atoms with Gasteiger partial charge in [-0.1, -0.05) is 41.7 Å². The SMILES string of the molecule is O=C(Cc1nnc(NC(=O)c2ccco2)s1)N/N=C/c1ccccc1OS(=O)(=O)c1ccccc1. The molecule has 0 saturated carbocycles. The molecule has 2 N–H and O–H groups in total. The third-order valence-electron chi connectivity index (χ3n) is 4.29. The zero-order valence-electron chi connectivity index (χ0n) is 17.8. The van der Waals surface area contributed by atoms with Gasteiger partial charge >= 0.3 is 10.1 Å². The number of hydrogen-bond acceptors (Lipinski definition) is 10. The van der Waals surface area contributed by atoms with Crippen LogP contribution in [0.1, 0.15) is 21.1 Å². The Morgan fingerprint density at radius 3 is 2.57 bits per heavy atom. The number of nitrogens with one attached hydrogen (secondary N) is 2. The molecule has 4 aromatic rings. The number of hydrazone groups is 1. The largest absolute Gasteiger partial charge is 0.459 e. The number of furan rings is 1. The first-order chi connectivity index (χ1) is 16.9. The van der Waals surface area contributed by atoms with Gasteiger partial charge in [-0.3, -0.25) is 14.9 Å². The minimum Gasteiger partial charge on any atom is -0.459 e. The van der Waals surface area contributed by atoms with Crippen LogP contribution in [0, 0.1) is 0 Å². The molecule has 2 amide bonds. The molecule has 2 aromatic carbocycles. The lowest BCUT2D eigenvalue weighted by atomic mass is 10.2. The van der Waals surface area contributed by atoms with E-state index in [4.69, 9.17) is 8.60 Å². The van der Waals surface area contributed by atoms with Crippen molar-refractivity contribution in [3.8, 4) is 5.75 Å². The minimum atomic E-state index is -4.04. The zero-order valence-corrected chi connectivity index (χ0v) is 19.5. The second-order valence-corrected chi connectivity index (χ2v) is 9.40. The molecule has 0 spiro atoms. The lowest BCUT2D eigenvalue weighted by Crippen LogP contribution is -2.19. The van der Waals surface area contributed by atoms with Gasteiger partial charge in [-0.2, -0.15) is 13.5 Å². The second-order valence-electron chi connectivity index (χ2n) is 6.79. The number of aromatic nitrogens is 2. The molecule has 4 rings (SSSR count). The summed E-state index contributed by atoms with van der Waals surface area (Å²) in [5, 5.41) is 14.6. The molecule has 0 fully saturated rings. The maximum atomic E-state index is 12.5. The lowest BCUT2D eigenvalue weighted by Gasteiger charge is -2.09. The molecular formula is C22H17N5O6S2. The molecule has 0 radical (unpaired) electrons. The molecule has 11 nitrogen and oxygen atoms in total. The van der Waals surface area contributed by atoms with Crippen molar-refractivity contribution in [2.75, 3.05) is 5.32 Å². The van der Waals surface area contributed by atoms with Gasteiger partial charge < -0.3 is 8.60 Å². The van der Waals surface area contributed by atoms with Crippen molar-refractivity contribution in [3.05, 3.63) is 89.3 Å². The Labute approximate surface area is 203 Å². The molecule has 0 aliphatic carbocycles. The number of benzene rings is 2. The van der Waals surface area contributed by atoms with Crippen molar-refractivity contribution in [2.45, 2.75) is 11.3 Å². The van der Waals surface area contributed by atoms with Crippen LogP contribution in [0.3, 0.4) is 0 Å². The van der Waals surface area contributed by atoms with Crippen LogP contribution in [0.4, 0.5) is 5.13 Å². The number of nitrogens with zero attached hydrogens (tertiary/aromatic N) is 3. The van der Waals surface area contributed by atoms with E-state index < -0.39 is 21.9 Å². The molecule has 178 valence electrons. The quantitative estimate of drug-likeness (QED) is 0.198. The number of carbonyl (C=O) groups is 2. The van der Waals surface area contributed by atoms with Gasteiger partial charge in [-0.05, 0) is 36.4 Å². The Morgan fingerprint density at radius 1 is 1.03 bits per heavy atom. The summed E-state index contributed by atoms with van der Waals surface area (Å²) in [6.07, 6.45) is 2.51. The number of hydrogen-bond donors (Lipinski definition) is 2. The van der Waals surface area contributed by atoms with Crippen molar-refractivity contribution in [1.82, 2.24) is 15.6 Å². The molecule has 35 heavy (non-hydrogen) atoms. The highest BCUT2D eigenvalue weighted by Crippen LogP contribution is 2.22. The van der Waals surface area contributed by atoms with E-state index in [1.807, 2.05) is 0 Å². The van der Waals surface area contributed by atoms with Crippen LogP contribution in [0.2, 0.25) is 0 Å². The van der Waals surface area contributed by atoms with Crippen LogP contribution in [-0.2, 0) is 21.3 Å². The molecule has 13 heteroatoms. The first-order valence-electron chi connectivity index (χ1n) is 9.98. The maximum Gasteiger partial charge on any atom is 0.339 e. The number of para-hydroxylation sites is 1. The fourth-order valence-corrected chi connectivity index (χ4v) is 4.42. The first kappa shape index (κ1) is 23.8. The molecule has 0 aliphatic heterocycles. The number of anilines is 1. The molecule has 0 atom stereocenters. The standard InChI is InChI=1S/C22H17N5O6S2/c28-19(13-20-26-27-22(34-20)24-21(29)18-11-6-12-32-18)25-23-14-15-7-4-5-10-17(15)33-35(30,31)16-8-2-1-3-9-16/h1-12,14H,13H2,(H,25,28)(H,24,27,29)/b23-14+. The molecule has 0 saturated heterocycles. The average Bonchev–Trinajstić information content (AvgIpc) is 3.53. The Balaban J connectivity index is 1.34. The van der Waals surface area contributed by atoms with Crippen LogP contribution in [-0.4, -0.2) is 36.6 Å². The Bertz CT molecular complexity index is 1450. The van der Waals surface area contributed by atoms with Crippen molar-refractivity contribution in [3.63, 3.8) is 0 Å².